The third kappa shape index (κ3) is 3.22. The molecule has 0 unspecified atom stereocenters. The van der Waals surface area contributed by atoms with Crippen molar-refractivity contribution in [2.24, 2.45) is 0 Å². The first-order chi connectivity index (χ1) is 11.0. The van der Waals surface area contributed by atoms with E-state index in [0.29, 0.717) is 16.5 Å². The first-order valence-electron chi connectivity index (χ1n) is 6.64. The van der Waals surface area contributed by atoms with E-state index in [9.17, 15) is 14.5 Å². The second-order valence-electron chi connectivity index (χ2n) is 4.80. The Morgan fingerprint density at radius 2 is 2.09 bits per heavy atom. The summed E-state index contributed by atoms with van der Waals surface area (Å²) in [5.41, 5.74) is 0.849. The Morgan fingerprint density at radius 1 is 1.26 bits per heavy atom. The number of nitro benzene ring substituents is 1. The number of hydrogen-bond donors (Lipinski definition) is 0. The lowest BCUT2D eigenvalue weighted by molar-refractivity contribution is -0.385. The van der Waals surface area contributed by atoms with Gasteiger partial charge in [0.2, 0.25) is 0 Å². The Morgan fingerprint density at radius 3 is 2.87 bits per heavy atom. The second-order valence-corrected chi connectivity index (χ2v) is 5.23. The molecule has 0 spiro atoms. The van der Waals surface area contributed by atoms with E-state index in [4.69, 9.17) is 16.3 Å². The SMILES string of the molecule is O=[N+]([O-])c1cc(Cl)ccc1OCc1cc(F)cc2cccnc12. The Kier molecular flexibility index (Phi) is 4.08. The van der Waals surface area contributed by atoms with Gasteiger partial charge < -0.3 is 4.74 Å². The van der Waals surface area contributed by atoms with Gasteiger partial charge in [-0.2, -0.15) is 0 Å². The highest BCUT2D eigenvalue weighted by Crippen LogP contribution is 2.31. The molecule has 5 nitrogen and oxygen atoms in total. The summed E-state index contributed by atoms with van der Waals surface area (Å²) in [5, 5.41) is 11.9. The summed E-state index contributed by atoms with van der Waals surface area (Å²) in [7, 11) is 0. The highest BCUT2D eigenvalue weighted by molar-refractivity contribution is 6.30. The van der Waals surface area contributed by atoms with Crippen LogP contribution >= 0.6 is 11.6 Å². The number of nitrogens with zero attached hydrogens (tertiary/aromatic N) is 2. The quantitative estimate of drug-likeness (QED) is 0.520. The van der Waals surface area contributed by atoms with Crippen LogP contribution in [0.5, 0.6) is 5.75 Å². The zero-order valence-electron chi connectivity index (χ0n) is 11.7. The van der Waals surface area contributed by atoms with E-state index in [0.717, 1.165) is 0 Å². The molecule has 7 heteroatoms. The number of benzene rings is 2. The van der Waals surface area contributed by atoms with Crippen LogP contribution in [-0.4, -0.2) is 9.91 Å². The van der Waals surface area contributed by atoms with Crippen molar-refractivity contribution in [3.8, 4) is 5.75 Å². The fourth-order valence-electron chi connectivity index (χ4n) is 2.25. The van der Waals surface area contributed by atoms with E-state index in [-0.39, 0.29) is 23.1 Å². The molecular formula is C16H10ClFN2O3. The lowest BCUT2D eigenvalue weighted by Crippen LogP contribution is -2.01. The molecule has 0 aliphatic heterocycles. The molecule has 0 atom stereocenters. The highest BCUT2D eigenvalue weighted by Gasteiger charge is 2.16. The summed E-state index contributed by atoms with van der Waals surface area (Å²) in [6.45, 7) is -0.0479. The van der Waals surface area contributed by atoms with Crippen LogP contribution in [0.2, 0.25) is 5.02 Å². The zero-order valence-corrected chi connectivity index (χ0v) is 12.5. The van der Waals surface area contributed by atoms with Gasteiger partial charge in [0.25, 0.3) is 0 Å². The normalized spacial score (nSPS) is 10.7. The summed E-state index contributed by atoms with van der Waals surface area (Å²) >= 11 is 5.76. The van der Waals surface area contributed by atoms with E-state index >= 15 is 0 Å². The van der Waals surface area contributed by atoms with Crippen molar-refractivity contribution in [1.82, 2.24) is 4.98 Å². The lowest BCUT2D eigenvalue weighted by atomic mass is 10.1. The predicted octanol–water partition coefficient (Wildman–Crippen LogP) is 4.51. The minimum Gasteiger partial charge on any atom is -0.482 e. The summed E-state index contributed by atoms with van der Waals surface area (Å²) in [5.74, 6) is -0.359. The van der Waals surface area contributed by atoms with Crippen molar-refractivity contribution in [3.63, 3.8) is 0 Å². The smallest absolute Gasteiger partial charge is 0.312 e. The third-order valence-corrected chi connectivity index (χ3v) is 3.48. The van der Waals surface area contributed by atoms with Gasteiger partial charge in [0.05, 0.1) is 10.4 Å². The molecule has 0 saturated heterocycles. The number of ether oxygens (including phenoxy) is 1. The Bertz CT molecular complexity index is 902. The Hall–Kier alpha value is -2.73. The molecule has 0 saturated carbocycles. The minimum atomic E-state index is -0.580. The molecule has 3 aromatic rings. The van der Waals surface area contributed by atoms with Crippen molar-refractivity contribution in [2.75, 3.05) is 0 Å². The van der Waals surface area contributed by atoms with Crippen molar-refractivity contribution in [2.45, 2.75) is 6.61 Å². The first kappa shape index (κ1) is 15.2. The van der Waals surface area contributed by atoms with Crippen molar-refractivity contribution in [3.05, 3.63) is 75.2 Å². The van der Waals surface area contributed by atoms with E-state index in [1.165, 1.54) is 30.3 Å². The molecule has 116 valence electrons. The molecule has 0 amide bonds. The standard InChI is InChI=1S/C16H10ClFN2O3/c17-12-3-4-15(14(8-12)20(21)22)23-9-11-7-13(18)6-10-2-1-5-19-16(10)11/h1-8H,9H2. The van der Waals surface area contributed by atoms with Crippen molar-refractivity contribution < 1.29 is 14.1 Å². The summed E-state index contributed by atoms with van der Waals surface area (Å²) < 4.78 is 19.2. The highest BCUT2D eigenvalue weighted by atomic mass is 35.5. The Labute approximate surface area is 135 Å². The molecule has 0 aliphatic rings. The number of fused-ring (bicyclic) bond motifs is 1. The van der Waals surface area contributed by atoms with Crippen molar-refractivity contribution in [1.29, 1.82) is 0 Å². The van der Waals surface area contributed by atoms with Crippen LogP contribution in [0, 0.1) is 15.9 Å². The largest absolute Gasteiger partial charge is 0.482 e. The number of halogens is 2. The third-order valence-electron chi connectivity index (χ3n) is 3.25. The first-order valence-corrected chi connectivity index (χ1v) is 7.02. The van der Waals surface area contributed by atoms with Gasteiger partial charge in [0.1, 0.15) is 12.4 Å². The molecule has 2 aromatic carbocycles. The average Bonchev–Trinajstić information content (AvgIpc) is 2.53. The van der Waals surface area contributed by atoms with Gasteiger partial charge in [0.15, 0.2) is 5.75 Å². The fraction of sp³-hybridized carbons (Fsp3) is 0.0625. The van der Waals surface area contributed by atoms with Crippen LogP contribution in [-0.2, 0) is 6.61 Å². The summed E-state index contributed by atoms with van der Waals surface area (Å²) in [4.78, 5) is 14.7. The Balaban J connectivity index is 1.94. The molecule has 3 rings (SSSR count). The molecule has 0 bridgehead atoms. The van der Waals surface area contributed by atoms with Crippen LogP contribution in [0.1, 0.15) is 5.56 Å². The van der Waals surface area contributed by atoms with E-state index in [2.05, 4.69) is 4.98 Å². The molecule has 1 aromatic heterocycles. The topological polar surface area (TPSA) is 65.3 Å². The maximum Gasteiger partial charge on any atom is 0.312 e. The van der Waals surface area contributed by atoms with Crippen LogP contribution in [0.4, 0.5) is 10.1 Å². The van der Waals surface area contributed by atoms with Crippen LogP contribution in [0.15, 0.2) is 48.7 Å². The van der Waals surface area contributed by atoms with Gasteiger partial charge >= 0.3 is 5.69 Å². The second kappa shape index (κ2) is 6.18. The maximum absolute atomic E-state index is 13.7. The molecule has 0 radical (unpaired) electrons. The molecular weight excluding hydrogens is 323 g/mol. The molecule has 0 N–H and O–H groups in total. The molecule has 1 heterocycles. The summed E-state index contributed by atoms with van der Waals surface area (Å²) in [6.07, 6.45) is 1.59. The summed E-state index contributed by atoms with van der Waals surface area (Å²) in [6, 6.07) is 10.2. The van der Waals surface area contributed by atoms with Crippen LogP contribution < -0.4 is 4.74 Å². The van der Waals surface area contributed by atoms with E-state index in [1.54, 1.807) is 18.3 Å². The van der Waals surface area contributed by atoms with Gasteiger partial charge in [-0.15, -0.1) is 0 Å². The van der Waals surface area contributed by atoms with Gasteiger partial charge in [0, 0.05) is 28.2 Å². The average molecular weight is 333 g/mol. The zero-order chi connectivity index (χ0) is 16.4. The van der Waals surface area contributed by atoms with Gasteiger partial charge in [-0.1, -0.05) is 17.7 Å². The van der Waals surface area contributed by atoms with Crippen LogP contribution in [0.3, 0.4) is 0 Å². The van der Waals surface area contributed by atoms with Gasteiger partial charge in [-0.05, 0) is 30.3 Å². The molecule has 0 aliphatic carbocycles. The number of hydrogen-bond acceptors (Lipinski definition) is 4. The van der Waals surface area contributed by atoms with Crippen molar-refractivity contribution >= 4 is 28.2 Å². The van der Waals surface area contributed by atoms with E-state index < -0.39 is 10.7 Å². The monoisotopic (exact) mass is 332 g/mol. The minimum absolute atomic E-state index is 0.0479. The predicted molar refractivity (Wildman–Crippen MR) is 84.1 cm³/mol. The maximum atomic E-state index is 13.7. The van der Waals surface area contributed by atoms with Gasteiger partial charge in [-0.25, -0.2) is 4.39 Å². The fourth-order valence-corrected chi connectivity index (χ4v) is 2.41. The molecule has 23 heavy (non-hydrogen) atoms. The van der Waals surface area contributed by atoms with E-state index in [1.807, 2.05) is 0 Å². The number of aromatic nitrogens is 1. The number of pyridine rings is 1. The lowest BCUT2D eigenvalue weighted by Gasteiger charge is -2.09. The molecule has 0 fully saturated rings. The van der Waals surface area contributed by atoms with Gasteiger partial charge in [-0.3, -0.25) is 15.1 Å². The number of nitro groups is 1. The van der Waals surface area contributed by atoms with Crippen LogP contribution in [0.25, 0.3) is 10.9 Å². The number of rotatable bonds is 4.